The van der Waals surface area contributed by atoms with E-state index in [-0.39, 0.29) is 0 Å². The first-order valence-electron chi connectivity index (χ1n) is 9.95. The number of piperidine rings is 1. The van der Waals surface area contributed by atoms with Crippen LogP contribution < -0.4 is 19.4 Å². The van der Waals surface area contributed by atoms with E-state index in [2.05, 4.69) is 38.7 Å². The third-order valence-electron chi connectivity index (χ3n) is 5.60. The van der Waals surface area contributed by atoms with Crippen LogP contribution >= 0.6 is 0 Å². The summed E-state index contributed by atoms with van der Waals surface area (Å²) in [5.41, 5.74) is 1.16. The molecule has 4 rings (SSSR count). The minimum absolute atomic E-state index is 0.738. The summed E-state index contributed by atoms with van der Waals surface area (Å²) in [5, 5.41) is 0. The molecule has 2 fully saturated rings. The van der Waals surface area contributed by atoms with Crippen LogP contribution in [0.2, 0.25) is 0 Å². The summed E-state index contributed by atoms with van der Waals surface area (Å²) in [6.45, 7) is 8.23. The Labute approximate surface area is 161 Å². The molecule has 0 aliphatic carbocycles. The van der Waals surface area contributed by atoms with Gasteiger partial charge in [0.05, 0.1) is 12.8 Å². The van der Waals surface area contributed by atoms with Gasteiger partial charge in [-0.05, 0) is 37.0 Å². The van der Waals surface area contributed by atoms with Crippen LogP contribution in [0.4, 0.5) is 17.5 Å². The molecule has 144 valence electrons. The molecule has 1 unspecified atom stereocenters. The summed E-state index contributed by atoms with van der Waals surface area (Å²) >= 11 is 0. The largest absolute Gasteiger partial charge is 0.495 e. The van der Waals surface area contributed by atoms with Crippen molar-refractivity contribution in [1.82, 2.24) is 9.97 Å². The first-order chi connectivity index (χ1) is 13.2. The Morgan fingerprint density at radius 1 is 0.963 bits per heavy atom. The van der Waals surface area contributed by atoms with Gasteiger partial charge >= 0.3 is 0 Å². The molecule has 1 aromatic heterocycles. The van der Waals surface area contributed by atoms with Crippen molar-refractivity contribution in [1.29, 1.82) is 0 Å². The van der Waals surface area contributed by atoms with E-state index in [1.807, 2.05) is 24.4 Å². The molecule has 1 atom stereocenters. The Morgan fingerprint density at radius 3 is 2.52 bits per heavy atom. The summed E-state index contributed by atoms with van der Waals surface area (Å²) < 4.78 is 5.52. The maximum Gasteiger partial charge on any atom is 0.227 e. The van der Waals surface area contributed by atoms with E-state index in [1.54, 1.807) is 7.11 Å². The number of hydrogen-bond donors (Lipinski definition) is 0. The molecule has 0 bridgehead atoms. The number of piperazine rings is 1. The molecule has 0 radical (unpaired) electrons. The molecule has 2 aliphatic rings. The molecule has 0 spiro atoms. The molecule has 1 aromatic carbocycles. The zero-order chi connectivity index (χ0) is 18.6. The van der Waals surface area contributed by atoms with Crippen molar-refractivity contribution in [3.8, 4) is 5.75 Å². The molecular weight excluding hydrogens is 338 g/mol. The molecule has 0 amide bonds. The number of methoxy groups -OCH3 is 1. The van der Waals surface area contributed by atoms with Crippen LogP contribution in [0.3, 0.4) is 0 Å². The highest BCUT2D eigenvalue weighted by Gasteiger charge is 2.23. The van der Waals surface area contributed by atoms with Gasteiger partial charge in [0.1, 0.15) is 11.6 Å². The molecule has 6 nitrogen and oxygen atoms in total. The molecule has 2 aliphatic heterocycles. The predicted molar refractivity (Wildman–Crippen MR) is 110 cm³/mol. The lowest BCUT2D eigenvalue weighted by molar-refractivity contribution is 0.413. The van der Waals surface area contributed by atoms with Gasteiger partial charge in [-0.1, -0.05) is 19.1 Å². The number of para-hydroxylation sites is 2. The van der Waals surface area contributed by atoms with Gasteiger partial charge in [0, 0.05) is 45.5 Å². The first kappa shape index (κ1) is 17.9. The van der Waals surface area contributed by atoms with E-state index in [9.17, 15) is 0 Å². The number of rotatable bonds is 4. The fraction of sp³-hybridized carbons (Fsp3) is 0.524. The van der Waals surface area contributed by atoms with Gasteiger partial charge in [-0.2, -0.15) is 4.98 Å². The summed E-state index contributed by atoms with van der Waals surface area (Å²) in [6.07, 6.45) is 4.47. The normalized spacial score (nSPS) is 20.7. The zero-order valence-electron chi connectivity index (χ0n) is 16.3. The van der Waals surface area contributed by atoms with Crippen LogP contribution in [0.25, 0.3) is 0 Å². The highest BCUT2D eigenvalue weighted by Crippen LogP contribution is 2.29. The van der Waals surface area contributed by atoms with Crippen LogP contribution in [0.1, 0.15) is 19.8 Å². The Hall–Kier alpha value is -2.50. The van der Waals surface area contributed by atoms with Gasteiger partial charge in [0.25, 0.3) is 0 Å². The fourth-order valence-electron chi connectivity index (χ4n) is 4.10. The highest BCUT2D eigenvalue weighted by molar-refractivity contribution is 5.59. The summed E-state index contributed by atoms with van der Waals surface area (Å²) in [4.78, 5) is 16.5. The van der Waals surface area contributed by atoms with Crippen molar-refractivity contribution >= 4 is 17.5 Å². The van der Waals surface area contributed by atoms with Crippen LogP contribution in [0, 0.1) is 5.92 Å². The van der Waals surface area contributed by atoms with Crippen LogP contribution in [-0.2, 0) is 0 Å². The van der Waals surface area contributed by atoms with E-state index in [4.69, 9.17) is 9.72 Å². The zero-order valence-corrected chi connectivity index (χ0v) is 16.3. The number of nitrogens with zero attached hydrogens (tertiary/aromatic N) is 5. The SMILES string of the molecule is COc1ccccc1N1CCN(c2nccc(N3CCCC(C)C3)n2)CC1. The lowest BCUT2D eigenvalue weighted by Gasteiger charge is -2.37. The van der Waals surface area contributed by atoms with E-state index in [0.717, 1.165) is 68.4 Å². The second-order valence-electron chi connectivity index (χ2n) is 7.55. The average Bonchev–Trinajstić information content (AvgIpc) is 2.74. The number of anilines is 3. The standard InChI is InChI=1S/C21H29N5O/c1-17-6-5-11-26(16-17)20-9-10-22-21(23-20)25-14-12-24(13-15-25)18-7-3-4-8-19(18)27-2/h3-4,7-10,17H,5-6,11-16H2,1-2H3. The van der Waals surface area contributed by atoms with Crippen molar-refractivity contribution in [2.24, 2.45) is 5.92 Å². The number of aromatic nitrogens is 2. The van der Waals surface area contributed by atoms with E-state index >= 15 is 0 Å². The fourth-order valence-corrected chi connectivity index (χ4v) is 4.10. The van der Waals surface area contributed by atoms with Crippen molar-refractivity contribution in [3.63, 3.8) is 0 Å². The van der Waals surface area contributed by atoms with Gasteiger partial charge in [-0.15, -0.1) is 0 Å². The molecule has 3 heterocycles. The average molecular weight is 367 g/mol. The molecule has 2 aromatic rings. The quantitative estimate of drug-likeness (QED) is 0.828. The van der Waals surface area contributed by atoms with Gasteiger partial charge in [0.15, 0.2) is 0 Å². The Balaban J connectivity index is 1.43. The lowest BCUT2D eigenvalue weighted by atomic mass is 10.0. The molecule has 2 saturated heterocycles. The number of hydrogen-bond acceptors (Lipinski definition) is 6. The summed E-state index contributed by atoms with van der Waals surface area (Å²) in [5.74, 6) is 3.59. The van der Waals surface area contributed by atoms with E-state index in [0.29, 0.717) is 0 Å². The Kier molecular flexibility index (Phi) is 5.32. The third kappa shape index (κ3) is 3.94. The number of ether oxygens (including phenoxy) is 1. The molecular formula is C21H29N5O. The van der Waals surface area contributed by atoms with Gasteiger partial charge in [-0.3, -0.25) is 0 Å². The van der Waals surface area contributed by atoms with Crippen LogP contribution in [0.15, 0.2) is 36.5 Å². The maximum absolute atomic E-state index is 5.52. The first-order valence-corrected chi connectivity index (χ1v) is 9.95. The van der Waals surface area contributed by atoms with Gasteiger partial charge in [-0.25, -0.2) is 4.98 Å². The maximum atomic E-state index is 5.52. The molecule has 0 saturated carbocycles. The minimum atomic E-state index is 0.738. The van der Waals surface area contributed by atoms with E-state index < -0.39 is 0 Å². The van der Waals surface area contributed by atoms with Crippen LogP contribution in [0.5, 0.6) is 5.75 Å². The Morgan fingerprint density at radius 2 is 1.74 bits per heavy atom. The summed E-state index contributed by atoms with van der Waals surface area (Å²) in [6, 6.07) is 10.3. The van der Waals surface area contributed by atoms with E-state index in [1.165, 1.54) is 12.8 Å². The summed E-state index contributed by atoms with van der Waals surface area (Å²) in [7, 11) is 1.73. The topological polar surface area (TPSA) is 44.7 Å². The van der Waals surface area contributed by atoms with Crippen molar-refractivity contribution in [2.75, 3.05) is 61.1 Å². The van der Waals surface area contributed by atoms with Gasteiger partial charge < -0.3 is 19.4 Å². The molecule has 0 N–H and O–H groups in total. The lowest BCUT2D eigenvalue weighted by Crippen LogP contribution is -2.47. The second kappa shape index (κ2) is 8.03. The monoisotopic (exact) mass is 367 g/mol. The Bertz CT molecular complexity index is 760. The third-order valence-corrected chi connectivity index (χ3v) is 5.60. The highest BCUT2D eigenvalue weighted by atomic mass is 16.5. The van der Waals surface area contributed by atoms with Gasteiger partial charge in [0.2, 0.25) is 5.95 Å². The van der Waals surface area contributed by atoms with Crippen molar-refractivity contribution in [3.05, 3.63) is 36.5 Å². The predicted octanol–water partition coefficient (Wildman–Crippen LogP) is 3.05. The molecule has 6 heteroatoms. The minimum Gasteiger partial charge on any atom is -0.495 e. The van der Waals surface area contributed by atoms with Crippen molar-refractivity contribution < 1.29 is 4.74 Å². The molecule has 27 heavy (non-hydrogen) atoms. The van der Waals surface area contributed by atoms with Crippen molar-refractivity contribution in [2.45, 2.75) is 19.8 Å². The number of benzene rings is 1. The van der Waals surface area contributed by atoms with Crippen LogP contribution in [-0.4, -0.2) is 56.3 Å². The smallest absolute Gasteiger partial charge is 0.227 e. The second-order valence-corrected chi connectivity index (χ2v) is 7.55.